The number of aromatic nitrogens is 2. The monoisotopic (exact) mass is 382 g/mol. The van der Waals surface area contributed by atoms with Crippen LogP contribution in [0.4, 0.5) is 0 Å². The summed E-state index contributed by atoms with van der Waals surface area (Å²) in [5.74, 6) is 1.50. The number of thiophene rings is 1. The Morgan fingerprint density at radius 2 is 2.04 bits per heavy atom. The Kier molecular flexibility index (Phi) is 5.60. The lowest BCUT2D eigenvalue weighted by Crippen LogP contribution is -2.40. The third-order valence-corrected chi connectivity index (χ3v) is 5.56. The molecule has 3 heterocycles. The molecule has 7 heteroatoms. The number of hydrogen-bond donors (Lipinski definition) is 1. The highest BCUT2D eigenvalue weighted by molar-refractivity contribution is 7.08. The van der Waals surface area contributed by atoms with Crippen LogP contribution in [-0.4, -0.2) is 34.0 Å². The minimum absolute atomic E-state index is 0.0778. The first-order chi connectivity index (χ1) is 13.3. The quantitative estimate of drug-likeness (QED) is 0.708. The zero-order chi connectivity index (χ0) is 18.5. The molecule has 0 spiro atoms. The van der Waals surface area contributed by atoms with E-state index in [1.54, 1.807) is 11.3 Å². The fraction of sp³-hybridized carbons (Fsp3) is 0.350. The normalized spacial score (nSPS) is 15.7. The molecule has 0 aliphatic carbocycles. The average molecular weight is 382 g/mol. The summed E-state index contributed by atoms with van der Waals surface area (Å²) in [5, 5.41) is 11.1. The maximum absolute atomic E-state index is 12.4. The van der Waals surface area contributed by atoms with Crippen LogP contribution >= 0.6 is 11.3 Å². The van der Waals surface area contributed by atoms with E-state index in [1.165, 1.54) is 0 Å². The summed E-state index contributed by atoms with van der Waals surface area (Å²) in [6.07, 6.45) is 1.71. The van der Waals surface area contributed by atoms with Crippen molar-refractivity contribution in [3.8, 4) is 11.4 Å². The standard InChI is InChI=1S/C20H22N4O2S/c25-20(21-12-15-4-2-1-3-5-15)16-6-9-24(10-7-16)13-18-22-19(23-26-18)17-8-11-27-14-17/h1-5,8,11,14,16H,6-7,9-10,12-13H2,(H,21,25). The first-order valence-corrected chi connectivity index (χ1v) is 10.1. The maximum atomic E-state index is 12.4. The van der Waals surface area contributed by atoms with Gasteiger partial charge in [0.2, 0.25) is 17.6 Å². The highest BCUT2D eigenvalue weighted by Crippen LogP contribution is 2.21. The number of carbonyl (C=O) groups excluding carboxylic acids is 1. The van der Waals surface area contributed by atoms with Crippen molar-refractivity contribution in [2.75, 3.05) is 13.1 Å². The lowest BCUT2D eigenvalue weighted by molar-refractivity contribution is -0.126. The molecule has 6 nitrogen and oxygen atoms in total. The number of likely N-dealkylation sites (tertiary alicyclic amines) is 1. The van der Waals surface area contributed by atoms with Crippen LogP contribution in [0.1, 0.15) is 24.3 Å². The fourth-order valence-corrected chi connectivity index (χ4v) is 3.94. The van der Waals surface area contributed by atoms with E-state index in [-0.39, 0.29) is 11.8 Å². The van der Waals surface area contributed by atoms with Crippen molar-refractivity contribution in [2.24, 2.45) is 5.92 Å². The molecular formula is C20H22N4O2S. The Balaban J connectivity index is 1.23. The highest BCUT2D eigenvalue weighted by atomic mass is 32.1. The van der Waals surface area contributed by atoms with E-state index in [1.807, 2.05) is 47.2 Å². The zero-order valence-electron chi connectivity index (χ0n) is 15.0. The molecular weight excluding hydrogens is 360 g/mol. The van der Waals surface area contributed by atoms with Gasteiger partial charge in [0, 0.05) is 23.4 Å². The Hall–Kier alpha value is -2.51. The minimum atomic E-state index is 0.0778. The lowest BCUT2D eigenvalue weighted by atomic mass is 9.96. The molecule has 1 aromatic carbocycles. The third kappa shape index (κ3) is 4.61. The summed E-state index contributed by atoms with van der Waals surface area (Å²) in [5.41, 5.74) is 2.12. The van der Waals surface area contributed by atoms with Gasteiger partial charge in [-0.25, -0.2) is 0 Å². The smallest absolute Gasteiger partial charge is 0.241 e. The van der Waals surface area contributed by atoms with Gasteiger partial charge in [-0.1, -0.05) is 35.5 Å². The number of carbonyl (C=O) groups is 1. The second-order valence-corrected chi connectivity index (χ2v) is 7.56. The Bertz CT molecular complexity index is 855. The van der Waals surface area contributed by atoms with Crippen molar-refractivity contribution in [1.82, 2.24) is 20.4 Å². The first kappa shape index (κ1) is 17.9. The molecule has 1 aliphatic rings. The summed E-state index contributed by atoms with van der Waals surface area (Å²) < 4.78 is 5.38. The lowest BCUT2D eigenvalue weighted by Gasteiger charge is -2.30. The van der Waals surface area contributed by atoms with E-state index in [2.05, 4.69) is 20.4 Å². The number of nitrogens with one attached hydrogen (secondary N) is 1. The van der Waals surface area contributed by atoms with Gasteiger partial charge < -0.3 is 9.84 Å². The number of hydrogen-bond acceptors (Lipinski definition) is 6. The third-order valence-electron chi connectivity index (χ3n) is 4.87. The number of amides is 1. The average Bonchev–Trinajstić information content (AvgIpc) is 3.39. The summed E-state index contributed by atoms with van der Waals surface area (Å²) in [6.45, 7) is 2.95. The van der Waals surface area contributed by atoms with Gasteiger partial charge in [-0.3, -0.25) is 9.69 Å². The van der Waals surface area contributed by atoms with Crippen LogP contribution in [0.15, 0.2) is 51.7 Å². The van der Waals surface area contributed by atoms with Gasteiger partial charge in [0.1, 0.15) is 0 Å². The predicted octanol–water partition coefficient (Wildman–Crippen LogP) is 3.33. The molecule has 1 amide bonds. The summed E-state index contributed by atoms with van der Waals surface area (Å²) in [6, 6.07) is 12.0. The number of benzene rings is 1. The van der Waals surface area contributed by atoms with Gasteiger partial charge in [-0.2, -0.15) is 16.3 Å². The predicted molar refractivity (Wildman–Crippen MR) is 104 cm³/mol. The molecule has 0 radical (unpaired) electrons. The molecule has 0 unspecified atom stereocenters. The summed E-state index contributed by atoms with van der Waals surface area (Å²) in [4.78, 5) is 19.1. The van der Waals surface area contributed by atoms with Crippen molar-refractivity contribution in [2.45, 2.75) is 25.9 Å². The Morgan fingerprint density at radius 1 is 1.22 bits per heavy atom. The molecule has 4 rings (SSSR count). The van der Waals surface area contributed by atoms with Crippen molar-refractivity contribution in [3.63, 3.8) is 0 Å². The molecule has 1 N–H and O–H groups in total. The molecule has 1 fully saturated rings. The van der Waals surface area contributed by atoms with Crippen LogP contribution in [0.5, 0.6) is 0 Å². The van der Waals surface area contributed by atoms with Crippen LogP contribution in [0.3, 0.4) is 0 Å². The molecule has 0 bridgehead atoms. The van der Waals surface area contributed by atoms with E-state index >= 15 is 0 Å². The fourth-order valence-electron chi connectivity index (χ4n) is 3.30. The molecule has 1 saturated heterocycles. The Labute approximate surface area is 162 Å². The van der Waals surface area contributed by atoms with Crippen LogP contribution < -0.4 is 5.32 Å². The van der Waals surface area contributed by atoms with E-state index in [9.17, 15) is 4.79 Å². The van der Waals surface area contributed by atoms with E-state index < -0.39 is 0 Å². The van der Waals surface area contributed by atoms with Crippen molar-refractivity contribution in [1.29, 1.82) is 0 Å². The summed E-state index contributed by atoms with van der Waals surface area (Å²) >= 11 is 1.61. The molecule has 27 heavy (non-hydrogen) atoms. The van der Waals surface area contributed by atoms with Gasteiger partial charge in [0.15, 0.2) is 0 Å². The number of nitrogens with zero attached hydrogens (tertiary/aromatic N) is 3. The van der Waals surface area contributed by atoms with E-state index in [0.717, 1.165) is 37.1 Å². The molecule has 0 saturated carbocycles. The van der Waals surface area contributed by atoms with Crippen molar-refractivity contribution < 1.29 is 9.32 Å². The van der Waals surface area contributed by atoms with Crippen LogP contribution in [-0.2, 0) is 17.9 Å². The van der Waals surface area contributed by atoms with Crippen LogP contribution in [0, 0.1) is 5.92 Å². The van der Waals surface area contributed by atoms with Crippen molar-refractivity contribution in [3.05, 3.63) is 58.6 Å². The van der Waals surface area contributed by atoms with E-state index in [4.69, 9.17) is 4.52 Å². The molecule has 1 aliphatic heterocycles. The van der Waals surface area contributed by atoms with Crippen molar-refractivity contribution >= 4 is 17.2 Å². The van der Waals surface area contributed by atoms with Gasteiger partial charge in [-0.05, 0) is 42.9 Å². The number of rotatable bonds is 6. The van der Waals surface area contributed by atoms with Gasteiger partial charge >= 0.3 is 0 Å². The van der Waals surface area contributed by atoms with Gasteiger partial charge in [-0.15, -0.1) is 0 Å². The SMILES string of the molecule is O=C(NCc1ccccc1)C1CCN(Cc2nc(-c3ccsc3)no2)CC1. The topological polar surface area (TPSA) is 71.3 Å². The highest BCUT2D eigenvalue weighted by Gasteiger charge is 2.25. The number of piperidine rings is 1. The largest absolute Gasteiger partial charge is 0.352 e. The molecule has 140 valence electrons. The zero-order valence-corrected chi connectivity index (χ0v) is 15.8. The molecule has 3 aromatic rings. The molecule has 0 atom stereocenters. The maximum Gasteiger partial charge on any atom is 0.241 e. The van der Waals surface area contributed by atoms with Gasteiger partial charge in [0.05, 0.1) is 6.54 Å². The molecule has 2 aromatic heterocycles. The van der Waals surface area contributed by atoms with E-state index in [0.29, 0.717) is 24.8 Å². The van der Waals surface area contributed by atoms with Crippen LogP contribution in [0.25, 0.3) is 11.4 Å². The van der Waals surface area contributed by atoms with Gasteiger partial charge in [0.25, 0.3) is 0 Å². The first-order valence-electron chi connectivity index (χ1n) is 9.17. The van der Waals surface area contributed by atoms with Crippen LogP contribution in [0.2, 0.25) is 0 Å². The second kappa shape index (κ2) is 8.45. The second-order valence-electron chi connectivity index (χ2n) is 6.78. The minimum Gasteiger partial charge on any atom is -0.352 e. The summed E-state index contributed by atoms with van der Waals surface area (Å²) in [7, 11) is 0. The Morgan fingerprint density at radius 3 is 2.78 bits per heavy atom.